The van der Waals surface area contributed by atoms with Gasteiger partial charge in [0.2, 0.25) is 0 Å². The maximum absolute atomic E-state index is 12.4. The minimum atomic E-state index is -0.515. The van der Waals surface area contributed by atoms with Crippen LogP contribution in [0.1, 0.15) is 50.1 Å². The number of rotatable bonds is 2. The molecule has 0 bridgehead atoms. The molecular formula is C19H24BrN3O4. The van der Waals surface area contributed by atoms with Crippen molar-refractivity contribution in [3.63, 3.8) is 0 Å². The van der Waals surface area contributed by atoms with Crippen LogP contribution in [0.2, 0.25) is 0 Å². The van der Waals surface area contributed by atoms with Gasteiger partial charge in [0.1, 0.15) is 5.60 Å². The van der Waals surface area contributed by atoms with Gasteiger partial charge in [-0.05, 0) is 51.8 Å². The summed E-state index contributed by atoms with van der Waals surface area (Å²) in [6, 6.07) is 5.66. The number of esters is 1. The second-order valence-corrected chi connectivity index (χ2v) is 8.56. The number of methoxy groups -OCH3 is 1. The van der Waals surface area contributed by atoms with E-state index in [1.807, 2.05) is 39.0 Å². The summed E-state index contributed by atoms with van der Waals surface area (Å²) in [5.41, 5.74) is 0.678. The van der Waals surface area contributed by atoms with Crippen molar-refractivity contribution < 1.29 is 19.1 Å². The van der Waals surface area contributed by atoms with Crippen LogP contribution in [0.4, 0.5) is 4.79 Å². The van der Waals surface area contributed by atoms with Gasteiger partial charge in [0.25, 0.3) is 0 Å². The van der Waals surface area contributed by atoms with E-state index >= 15 is 0 Å². The molecule has 146 valence electrons. The molecule has 0 atom stereocenters. The molecule has 1 amide bonds. The van der Waals surface area contributed by atoms with Gasteiger partial charge in [-0.15, -0.1) is 0 Å². The zero-order valence-corrected chi connectivity index (χ0v) is 17.6. The summed E-state index contributed by atoms with van der Waals surface area (Å²) in [5.74, 6) is -0.412. The maximum Gasteiger partial charge on any atom is 0.410 e. The standard InChI is InChI=1S/C19H24BrN3O4/c1-19(2,3)27-18(25)22-9-7-13(8-10-22)23-16(17(24)26-4)14-11-12(20)5-6-15(14)21-23/h5-6,11,13H,7-10H2,1-4H3. The molecule has 2 heterocycles. The molecule has 1 aromatic heterocycles. The molecule has 1 saturated heterocycles. The van der Waals surface area contributed by atoms with Gasteiger partial charge in [0.15, 0.2) is 5.69 Å². The van der Waals surface area contributed by atoms with E-state index in [0.717, 1.165) is 15.4 Å². The lowest BCUT2D eigenvalue weighted by molar-refractivity contribution is 0.0181. The predicted octanol–water partition coefficient (Wildman–Crippen LogP) is 4.16. The third-order valence-electron chi connectivity index (χ3n) is 4.50. The van der Waals surface area contributed by atoms with E-state index in [1.54, 1.807) is 9.58 Å². The van der Waals surface area contributed by atoms with E-state index in [0.29, 0.717) is 31.6 Å². The minimum Gasteiger partial charge on any atom is -0.464 e. The molecule has 8 heteroatoms. The molecule has 2 aromatic rings. The van der Waals surface area contributed by atoms with Crippen LogP contribution >= 0.6 is 15.9 Å². The number of halogens is 1. The lowest BCUT2D eigenvalue weighted by atomic mass is 10.0. The van der Waals surface area contributed by atoms with E-state index in [2.05, 4.69) is 21.0 Å². The Morgan fingerprint density at radius 3 is 2.48 bits per heavy atom. The summed E-state index contributed by atoms with van der Waals surface area (Å²) < 4.78 is 13.1. The average molecular weight is 438 g/mol. The zero-order valence-electron chi connectivity index (χ0n) is 16.0. The van der Waals surface area contributed by atoms with Gasteiger partial charge in [0, 0.05) is 22.9 Å². The van der Waals surface area contributed by atoms with Gasteiger partial charge < -0.3 is 14.4 Å². The summed E-state index contributed by atoms with van der Waals surface area (Å²) in [5, 5.41) is 5.39. The number of benzene rings is 1. The van der Waals surface area contributed by atoms with Gasteiger partial charge in [-0.2, -0.15) is 5.10 Å². The lowest BCUT2D eigenvalue weighted by Gasteiger charge is -2.33. The highest BCUT2D eigenvalue weighted by Crippen LogP contribution is 2.30. The summed E-state index contributed by atoms with van der Waals surface area (Å²) in [4.78, 5) is 26.4. The first-order chi connectivity index (χ1) is 12.7. The molecule has 0 spiro atoms. The fourth-order valence-electron chi connectivity index (χ4n) is 3.26. The van der Waals surface area contributed by atoms with Gasteiger partial charge >= 0.3 is 12.1 Å². The SMILES string of the molecule is COC(=O)c1c2cc(Br)ccc2nn1C1CCN(C(=O)OC(C)(C)C)CC1. The Morgan fingerprint density at radius 1 is 1.22 bits per heavy atom. The number of nitrogens with zero attached hydrogens (tertiary/aromatic N) is 3. The van der Waals surface area contributed by atoms with Crippen LogP contribution in [0, 0.1) is 0 Å². The average Bonchev–Trinajstić information content (AvgIpc) is 2.98. The first-order valence-electron chi connectivity index (χ1n) is 8.93. The molecular weight excluding hydrogens is 414 g/mol. The number of ether oxygens (including phenoxy) is 2. The quantitative estimate of drug-likeness (QED) is 0.659. The maximum atomic E-state index is 12.4. The summed E-state index contributed by atoms with van der Waals surface area (Å²) in [7, 11) is 1.37. The topological polar surface area (TPSA) is 73.7 Å². The number of amides is 1. The van der Waals surface area contributed by atoms with Gasteiger partial charge in [-0.25, -0.2) is 9.59 Å². The van der Waals surface area contributed by atoms with Crippen molar-refractivity contribution in [1.82, 2.24) is 14.7 Å². The van der Waals surface area contributed by atoms with E-state index in [4.69, 9.17) is 9.47 Å². The van der Waals surface area contributed by atoms with Crippen molar-refractivity contribution in [2.75, 3.05) is 20.2 Å². The monoisotopic (exact) mass is 437 g/mol. The second kappa shape index (κ2) is 7.50. The zero-order chi connectivity index (χ0) is 19.8. The Kier molecular flexibility index (Phi) is 5.46. The lowest BCUT2D eigenvalue weighted by Crippen LogP contribution is -2.42. The van der Waals surface area contributed by atoms with E-state index in [-0.39, 0.29) is 12.1 Å². The highest BCUT2D eigenvalue weighted by Gasteiger charge is 2.31. The van der Waals surface area contributed by atoms with Gasteiger partial charge in [-0.3, -0.25) is 4.68 Å². The molecule has 3 rings (SSSR count). The molecule has 0 aliphatic carbocycles. The number of likely N-dealkylation sites (tertiary alicyclic amines) is 1. The van der Waals surface area contributed by atoms with E-state index in [1.165, 1.54) is 7.11 Å². The molecule has 0 saturated carbocycles. The third-order valence-corrected chi connectivity index (χ3v) is 4.99. The number of carbonyl (C=O) groups is 2. The highest BCUT2D eigenvalue weighted by atomic mass is 79.9. The van der Waals surface area contributed by atoms with E-state index in [9.17, 15) is 9.59 Å². The van der Waals surface area contributed by atoms with Crippen molar-refractivity contribution in [2.24, 2.45) is 0 Å². The smallest absolute Gasteiger partial charge is 0.410 e. The van der Waals surface area contributed by atoms with Crippen LogP contribution in [0.25, 0.3) is 10.9 Å². The molecule has 0 radical (unpaired) electrons. The Bertz CT molecular complexity index is 864. The van der Waals surface area contributed by atoms with Crippen LogP contribution in [0.15, 0.2) is 22.7 Å². The second-order valence-electron chi connectivity index (χ2n) is 7.64. The van der Waals surface area contributed by atoms with Crippen molar-refractivity contribution >= 4 is 38.9 Å². The Labute approximate surface area is 166 Å². The van der Waals surface area contributed by atoms with Crippen molar-refractivity contribution in [2.45, 2.75) is 45.3 Å². The minimum absolute atomic E-state index is 0.0176. The molecule has 1 aromatic carbocycles. The van der Waals surface area contributed by atoms with Crippen LogP contribution in [-0.2, 0) is 9.47 Å². The Hall–Kier alpha value is -2.09. The van der Waals surface area contributed by atoms with Crippen molar-refractivity contribution in [1.29, 1.82) is 0 Å². The molecule has 7 nitrogen and oxygen atoms in total. The number of fused-ring (bicyclic) bond motifs is 1. The largest absolute Gasteiger partial charge is 0.464 e. The molecule has 27 heavy (non-hydrogen) atoms. The van der Waals surface area contributed by atoms with Gasteiger partial charge in [-0.1, -0.05) is 15.9 Å². The number of aromatic nitrogens is 2. The summed E-state index contributed by atoms with van der Waals surface area (Å²) in [6.45, 7) is 6.68. The molecule has 1 aliphatic heterocycles. The first kappa shape index (κ1) is 19.7. The van der Waals surface area contributed by atoms with Crippen molar-refractivity contribution in [3.05, 3.63) is 28.4 Å². The van der Waals surface area contributed by atoms with Crippen LogP contribution in [0.5, 0.6) is 0 Å². The molecule has 1 aliphatic rings. The molecule has 0 N–H and O–H groups in total. The summed E-state index contributed by atoms with van der Waals surface area (Å²) in [6.07, 6.45) is 1.08. The molecule has 1 fully saturated rings. The summed E-state index contributed by atoms with van der Waals surface area (Å²) >= 11 is 3.44. The Balaban J connectivity index is 1.83. The fraction of sp³-hybridized carbons (Fsp3) is 0.526. The third kappa shape index (κ3) is 4.26. The van der Waals surface area contributed by atoms with Crippen LogP contribution < -0.4 is 0 Å². The predicted molar refractivity (Wildman–Crippen MR) is 105 cm³/mol. The van der Waals surface area contributed by atoms with Gasteiger partial charge in [0.05, 0.1) is 18.7 Å². The first-order valence-corrected chi connectivity index (χ1v) is 9.73. The van der Waals surface area contributed by atoms with Crippen molar-refractivity contribution in [3.8, 4) is 0 Å². The Morgan fingerprint density at radius 2 is 1.89 bits per heavy atom. The fourth-order valence-corrected chi connectivity index (χ4v) is 3.62. The number of piperidine rings is 1. The normalized spacial score (nSPS) is 15.8. The van der Waals surface area contributed by atoms with Crippen LogP contribution in [0.3, 0.4) is 0 Å². The van der Waals surface area contributed by atoms with E-state index < -0.39 is 11.6 Å². The highest BCUT2D eigenvalue weighted by molar-refractivity contribution is 9.10. The number of hydrogen-bond acceptors (Lipinski definition) is 5. The molecule has 0 unspecified atom stereocenters. The number of carbonyl (C=O) groups excluding carboxylic acids is 2. The number of hydrogen-bond donors (Lipinski definition) is 0. The van der Waals surface area contributed by atoms with Crippen LogP contribution in [-0.4, -0.2) is 52.5 Å².